The van der Waals surface area contributed by atoms with Crippen LogP contribution in [-0.2, 0) is 6.42 Å². The summed E-state index contributed by atoms with van der Waals surface area (Å²) in [6, 6.07) is 8.67. The summed E-state index contributed by atoms with van der Waals surface area (Å²) in [5.74, 6) is 1.22. The Kier molecular flexibility index (Phi) is 5.30. The number of nitrogens with zero attached hydrogens (tertiary/aromatic N) is 1. The second-order valence-electron chi connectivity index (χ2n) is 5.70. The Bertz CT molecular complexity index is 842. The molecule has 0 aliphatic carbocycles. The summed E-state index contributed by atoms with van der Waals surface area (Å²) in [7, 11) is 3.19. The molecule has 2 aromatic carbocycles. The average Bonchev–Trinajstić information content (AvgIpc) is 2.59. The van der Waals surface area contributed by atoms with Gasteiger partial charge in [0, 0.05) is 27.7 Å². The number of benzene rings is 2. The van der Waals surface area contributed by atoms with Gasteiger partial charge in [-0.25, -0.2) is 0 Å². The fourth-order valence-electron chi connectivity index (χ4n) is 2.91. The Balaban J connectivity index is 1.92. The molecule has 0 saturated carbocycles. The van der Waals surface area contributed by atoms with E-state index in [1.807, 2.05) is 12.1 Å². The van der Waals surface area contributed by atoms with Gasteiger partial charge in [-0.15, -0.1) is 0 Å². The second kappa shape index (κ2) is 7.46. The molecule has 0 N–H and O–H groups in total. The number of hydrogen-bond donors (Lipinski definition) is 0. The van der Waals surface area contributed by atoms with E-state index in [9.17, 15) is 4.79 Å². The molecule has 0 amide bonds. The highest BCUT2D eigenvalue weighted by Crippen LogP contribution is 2.33. The molecule has 1 heterocycles. The van der Waals surface area contributed by atoms with E-state index in [1.54, 1.807) is 32.4 Å². The van der Waals surface area contributed by atoms with Gasteiger partial charge < -0.3 is 9.47 Å². The number of methoxy groups -OCH3 is 2. The minimum absolute atomic E-state index is 0.0780. The highest BCUT2D eigenvalue weighted by Gasteiger charge is 2.21. The topological polar surface area (TPSA) is 47.9 Å². The lowest BCUT2D eigenvalue weighted by Gasteiger charge is -2.19. The zero-order valence-electron chi connectivity index (χ0n) is 13.9. The Morgan fingerprint density at radius 2 is 1.68 bits per heavy atom. The molecule has 0 unspecified atom stereocenters. The van der Waals surface area contributed by atoms with E-state index in [1.165, 1.54) is 0 Å². The van der Waals surface area contributed by atoms with E-state index < -0.39 is 0 Å². The summed E-state index contributed by atoms with van der Waals surface area (Å²) in [4.78, 5) is 17.2. The number of aliphatic imine (C=N–C) groups is 1. The molecule has 2 aromatic rings. The first-order chi connectivity index (χ1) is 12.0. The number of halogens is 2. The molecule has 3 rings (SSSR count). The lowest BCUT2D eigenvalue weighted by molar-refractivity contribution is 0.100. The molecule has 0 radical (unpaired) electrons. The Hall–Kier alpha value is -2.04. The highest BCUT2D eigenvalue weighted by molar-refractivity contribution is 6.35. The van der Waals surface area contributed by atoms with Gasteiger partial charge in [-0.3, -0.25) is 9.79 Å². The van der Waals surface area contributed by atoms with Crippen LogP contribution in [0.5, 0.6) is 11.5 Å². The van der Waals surface area contributed by atoms with Gasteiger partial charge in [0.1, 0.15) is 0 Å². The standard InChI is InChI=1S/C19H17Cl2NO3/c1-24-18-7-11-3-4-22-16(15(11)9-19(18)25-2)10-17(23)12-5-13(20)8-14(21)6-12/h5-9H,3-4,10H2,1-2H3. The minimum atomic E-state index is -0.0780. The van der Waals surface area contributed by atoms with Crippen LogP contribution < -0.4 is 9.47 Å². The number of ketones is 1. The van der Waals surface area contributed by atoms with Gasteiger partial charge in [0.15, 0.2) is 17.3 Å². The number of fused-ring (bicyclic) bond motifs is 1. The van der Waals surface area contributed by atoms with Crippen LogP contribution >= 0.6 is 23.2 Å². The fourth-order valence-corrected chi connectivity index (χ4v) is 3.44. The normalized spacial score (nSPS) is 13.0. The van der Waals surface area contributed by atoms with E-state index >= 15 is 0 Å². The smallest absolute Gasteiger partial charge is 0.168 e. The Morgan fingerprint density at radius 3 is 2.32 bits per heavy atom. The molecule has 4 nitrogen and oxygen atoms in total. The summed E-state index contributed by atoms with van der Waals surface area (Å²) in [6.45, 7) is 0.640. The molecule has 0 bridgehead atoms. The van der Waals surface area contributed by atoms with Crippen molar-refractivity contribution in [3.8, 4) is 11.5 Å². The Labute approximate surface area is 156 Å². The Morgan fingerprint density at radius 1 is 1.04 bits per heavy atom. The van der Waals surface area contributed by atoms with Gasteiger partial charge in [-0.1, -0.05) is 23.2 Å². The number of carbonyl (C=O) groups excluding carboxylic acids is 1. The second-order valence-corrected chi connectivity index (χ2v) is 6.57. The maximum Gasteiger partial charge on any atom is 0.168 e. The third kappa shape index (κ3) is 3.80. The van der Waals surface area contributed by atoms with Crippen molar-refractivity contribution >= 4 is 34.7 Å². The predicted molar refractivity (Wildman–Crippen MR) is 100 cm³/mol. The quantitative estimate of drug-likeness (QED) is 0.713. The van der Waals surface area contributed by atoms with Crippen molar-refractivity contribution in [2.24, 2.45) is 4.99 Å². The van der Waals surface area contributed by atoms with Gasteiger partial charge in [0.25, 0.3) is 0 Å². The van der Waals surface area contributed by atoms with Crippen LogP contribution in [0.25, 0.3) is 0 Å². The molecule has 0 spiro atoms. The van der Waals surface area contributed by atoms with E-state index in [4.69, 9.17) is 32.7 Å². The summed E-state index contributed by atoms with van der Waals surface area (Å²) < 4.78 is 10.7. The van der Waals surface area contributed by atoms with Crippen LogP contribution in [0.15, 0.2) is 35.3 Å². The van der Waals surface area contributed by atoms with E-state index in [2.05, 4.69) is 4.99 Å². The molecular weight excluding hydrogens is 361 g/mol. The van der Waals surface area contributed by atoms with Gasteiger partial charge in [-0.2, -0.15) is 0 Å². The molecule has 1 aliphatic rings. The number of carbonyl (C=O) groups is 1. The van der Waals surface area contributed by atoms with Crippen molar-refractivity contribution in [3.63, 3.8) is 0 Å². The van der Waals surface area contributed by atoms with Crippen molar-refractivity contribution in [3.05, 3.63) is 57.1 Å². The van der Waals surface area contributed by atoms with Crippen molar-refractivity contribution < 1.29 is 14.3 Å². The molecule has 130 valence electrons. The van der Waals surface area contributed by atoms with Crippen LogP contribution in [0.4, 0.5) is 0 Å². The first-order valence-corrected chi connectivity index (χ1v) is 8.55. The van der Waals surface area contributed by atoms with Gasteiger partial charge in [-0.05, 0) is 42.3 Å². The minimum Gasteiger partial charge on any atom is -0.493 e. The van der Waals surface area contributed by atoms with E-state index in [-0.39, 0.29) is 12.2 Å². The molecule has 25 heavy (non-hydrogen) atoms. The largest absolute Gasteiger partial charge is 0.493 e. The monoisotopic (exact) mass is 377 g/mol. The maximum absolute atomic E-state index is 12.7. The van der Waals surface area contributed by atoms with E-state index in [0.717, 1.165) is 23.3 Å². The third-order valence-electron chi connectivity index (χ3n) is 4.12. The fraction of sp³-hybridized carbons (Fsp3) is 0.263. The molecule has 0 fully saturated rings. The molecule has 6 heteroatoms. The molecule has 0 atom stereocenters. The molecule has 0 aromatic heterocycles. The van der Waals surface area contributed by atoms with Gasteiger partial charge >= 0.3 is 0 Å². The lowest BCUT2D eigenvalue weighted by Crippen LogP contribution is -2.17. The summed E-state index contributed by atoms with van der Waals surface area (Å²) in [5, 5.41) is 0.876. The van der Waals surface area contributed by atoms with Crippen LogP contribution in [0.2, 0.25) is 10.0 Å². The van der Waals surface area contributed by atoms with E-state index in [0.29, 0.717) is 33.7 Å². The zero-order valence-corrected chi connectivity index (χ0v) is 15.4. The molecule has 1 aliphatic heterocycles. The first kappa shape index (κ1) is 17.8. The van der Waals surface area contributed by atoms with Crippen LogP contribution in [0.1, 0.15) is 27.9 Å². The highest BCUT2D eigenvalue weighted by atomic mass is 35.5. The van der Waals surface area contributed by atoms with Crippen molar-refractivity contribution in [2.45, 2.75) is 12.8 Å². The van der Waals surface area contributed by atoms with Crippen molar-refractivity contribution in [1.29, 1.82) is 0 Å². The number of ether oxygens (including phenoxy) is 2. The van der Waals surface area contributed by atoms with Crippen LogP contribution in [0, 0.1) is 0 Å². The summed E-state index contributed by atoms with van der Waals surface area (Å²) >= 11 is 12.0. The summed E-state index contributed by atoms with van der Waals surface area (Å²) in [6.07, 6.45) is 0.982. The predicted octanol–water partition coefficient (Wildman–Crippen LogP) is 4.63. The van der Waals surface area contributed by atoms with Crippen LogP contribution in [0.3, 0.4) is 0 Å². The van der Waals surface area contributed by atoms with Gasteiger partial charge in [0.2, 0.25) is 0 Å². The third-order valence-corrected chi connectivity index (χ3v) is 4.55. The zero-order chi connectivity index (χ0) is 18.0. The van der Waals surface area contributed by atoms with Crippen molar-refractivity contribution in [1.82, 2.24) is 0 Å². The lowest BCUT2D eigenvalue weighted by atomic mass is 9.93. The molecule has 0 saturated heterocycles. The summed E-state index contributed by atoms with van der Waals surface area (Å²) in [5.41, 5.74) is 3.24. The van der Waals surface area contributed by atoms with Crippen LogP contribution in [-0.4, -0.2) is 32.3 Å². The maximum atomic E-state index is 12.7. The average molecular weight is 378 g/mol. The first-order valence-electron chi connectivity index (χ1n) is 7.79. The number of Topliss-reactive ketones (excluding diaryl/α,β-unsaturated/α-hetero) is 1. The van der Waals surface area contributed by atoms with Crippen molar-refractivity contribution in [2.75, 3.05) is 20.8 Å². The molecular formula is C19H17Cl2NO3. The number of rotatable bonds is 5. The number of hydrogen-bond acceptors (Lipinski definition) is 4. The van der Waals surface area contributed by atoms with Gasteiger partial charge in [0.05, 0.1) is 26.4 Å². The SMILES string of the molecule is COc1cc2c(cc1OC)C(CC(=O)c1cc(Cl)cc(Cl)c1)=NCC2.